The molecule has 0 amide bonds. The molecule has 0 spiro atoms. The molecule has 0 unspecified atom stereocenters. The third kappa shape index (κ3) is 2.02. The quantitative estimate of drug-likeness (QED) is 0.764. The highest BCUT2D eigenvalue weighted by Crippen LogP contribution is 2.14. The van der Waals surface area contributed by atoms with Crippen molar-refractivity contribution >= 4 is 23.2 Å². The highest BCUT2D eigenvalue weighted by atomic mass is 35.5. The zero-order valence-electron chi connectivity index (χ0n) is 7.83. The number of anilines is 1. The van der Waals surface area contributed by atoms with Crippen LogP contribution in [0.2, 0.25) is 5.02 Å². The maximum absolute atomic E-state index is 11.8. The van der Waals surface area contributed by atoms with Gasteiger partial charge in [0.15, 0.2) is 0 Å². The van der Waals surface area contributed by atoms with Crippen molar-refractivity contribution in [1.82, 2.24) is 4.98 Å². The van der Waals surface area contributed by atoms with Crippen molar-refractivity contribution in [2.75, 3.05) is 5.73 Å². The lowest BCUT2D eigenvalue weighted by Gasteiger charge is -1.98. The van der Waals surface area contributed by atoms with Crippen LogP contribution >= 0.6 is 11.6 Å². The van der Waals surface area contributed by atoms with Crippen LogP contribution in [0.4, 0.5) is 5.82 Å². The third-order valence-corrected chi connectivity index (χ3v) is 2.31. The number of aromatic nitrogens is 1. The van der Waals surface area contributed by atoms with Crippen LogP contribution in [0.1, 0.15) is 16.1 Å². The molecule has 1 aromatic carbocycles. The average Bonchev–Trinajstić information content (AvgIpc) is 2.65. The molecule has 2 aromatic rings. The van der Waals surface area contributed by atoms with Crippen molar-refractivity contribution in [3.63, 3.8) is 0 Å². The van der Waals surface area contributed by atoms with E-state index in [9.17, 15) is 4.79 Å². The van der Waals surface area contributed by atoms with Crippen LogP contribution < -0.4 is 5.73 Å². The van der Waals surface area contributed by atoms with E-state index in [-0.39, 0.29) is 5.78 Å². The van der Waals surface area contributed by atoms with Crippen LogP contribution in [0.5, 0.6) is 0 Å². The molecule has 15 heavy (non-hydrogen) atoms. The van der Waals surface area contributed by atoms with Crippen LogP contribution in [0.15, 0.2) is 36.4 Å². The number of hydrogen-bond acceptors (Lipinski definition) is 2. The maximum atomic E-state index is 11.8. The molecule has 2 rings (SSSR count). The van der Waals surface area contributed by atoms with Crippen LogP contribution in [0.25, 0.3) is 0 Å². The topological polar surface area (TPSA) is 58.9 Å². The molecule has 1 heterocycles. The summed E-state index contributed by atoms with van der Waals surface area (Å²) in [5, 5.41) is 0.609. The molecule has 4 heteroatoms. The maximum Gasteiger partial charge on any atom is 0.209 e. The summed E-state index contributed by atoms with van der Waals surface area (Å²) in [4.78, 5) is 14.6. The number of nitrogens with two attached hydrogens (primary N) is 1. The monoisotopic (exact) mass is 220 g/mol. The molecule has 0 fully saturated rings. The standard InChI is InChI=1S/C11H9ClN2O/c12-8-3-1-7(2-4-8)11(15)9-5-6-10(13)14-9/h1-6,14H,13H2. The first-order valence-electron chi connectivity index (χ1n) is 4.41. The van der Waals surface area contributed by atoms with Crippen molar-refractivity contribution in [2.24, 2.45) is 0 Å². The van der Waals surface area contributed by atoms with Gasteiger partial charge < -0.3 is 10.7 Å². The summed E-state index contributed by atoms with van der Waals surface area (Å²) >= 11 is 5.73. The lowest BCUT2D eigenvalue weighted by atomic mass is 10.1. The van der Waals surface area contributed by atoms with Gasteiger partial charge in [0.25, 0.3) is 0 Å². The van der Waals surface area contributed by atoms with Gasteiger partial charge in [0, 0.05) is 10.6 Å². The predicted octanol–water partition coefficient (Wildman–Crippen LogP) is 2.48. The van der Waals surface area contributed by atoms with Crippen LogP contribution in [-0.2, 0) is 0 Å². The predicted molar refractivity (Wildman–Crippen MR) is 60.1 cm³/mol. The number of rotatable bonds is 2. The van der Waals surface area contributed by atoms with E-state index in [4.69, 9.17) is 17.3 Å². The first-order chi connectivity index (χ1) is 7.16. The highest BCUT2D eigenvalue weighted by molar-refractivity contribution is 6.30. The Hall–Kier alpha value is -1.74. The molecule has 1 aromatic heterocycles. The van der Waals surface area contributed by atoms with E-state index >= 15 is 0 Å². The van der Waals surface area contributed by atoms with Crippen molar-refractivity contribution in [3.8, 4) is 0 Å². The Morgan fingerprint density at radius 1 is 1.13 bits per heavy atom. The SMILES string of the molecule is Nc1ccc(C(=O)c2ccc(Cl)cc2)[nH]1. The van der Waals surface area contributed by atoms with Gasteiger partial charge in [-0.2, -0.15) is 0 Å². The fourth-order valence-electron chi connectivity index (χ4n) is 1.30. The first kappa shape index (κ1) is 9.80. The second kappa shape index (κ2) is 3.79. The van der Waals surface area contributed by atoms with Crippen LogP contribution in [-0.4, -0.2) is 10.8 Å². The number of nitrogens with one attached hydrogen (secondary N) is 1. The van der Waals surface area contributed by atoms with Gasteiger partial charge in [0.1, 0.15) is 5.82 Å². The number of carbonyl (C=O) groups is 1. The summed E-state index contributed by atoms with van der Waals surface area (Å²) < 4.78 is 0. The Bertz CT molecular complexity index is 488. The third-order valence-electron chi connectivity index (χ3n) is 2.06. The van der Waals surface area contributed by atoms with E-state index in [1.807, 2.05) is 0 Å². The van der Waals surface area contributed by atoms with Crippen molar-refractivity contribution in [3.05, 3.63) is 52.7 Å². The Morgan fingerprint density at radius 2 is 1.80 bits per heavy atom. The second-order valence-electron chi connectivity index (χ2n) is 3.16. The Kier molecular flexibility index (Phi) is 2.47. The van der Waals surface area contributed by atoms with E-state index in [1.54, 1.807) is 36.4 Å². The summed E-state index contributed by atoms with van der Waals surface area (Å²) in [7, 11) is 0. The zero-order chi connectivity index (χ0) is 10.8. The average molecular weight is 221 g/mol. The first-order valence-corrected chi connectivity index (χ1v) is 4.79. The van der Waals surface area contributed by atoms with Gasteiger partial charge in [-0.15, -0.1) is 0 Å². The molecular weight excluding hydrogens is 212 g/mol. The van der Waals surface area contributed by atoms with Gasteiger partial charge in [-0.1, -0.05) is 11.6 Å². The van der Waals surface area contributed by atoms with Crippen molar-refractivity contribution < 1.29 is 4.79 Å². The summed E-state index contributed by atoms with van der Waals surface area (Å²) in [6, 6.07) is 10.0. The Balaban J connectivity index is 2.32. The second-order valence-corrected chi connectivity index (χ2v) is 3.60. The highest BCUT2D eigenvalue weighted by Gasteiger charge is 2.09. The van der Waals surface area contributed by atoms with E-state index in [0.717, 1.165) is 0 Å². The minimum Gasteiger partial charge on any atom is -0.385 e. The van der Waals surface area contributed by atoms with Crippen molar-refractivity contribution in [2.45, 2.75) is 0 Å². The lowest BCUT2D eigenvalue weighted by Crippen LogP contribution is -2.01. The number of nitrogen functional groups attached to an aromatic ring is 1. The van der Waals surface area contributed by atoms with E-state index < -0.39 is 0 Å². The molecule has 0 bridgehead atoms. The molecule has 0 atom stereocenters. The Labute approximate surface area is 91.9 Å². The summed E-state index contributed by atoms with van der Waals surface area (Å²) in [6.45, 7) is 0. The number of ketones is 1. The number of carbonyl (C=O) groups excluding carboxylic acids is 1. The van der Waals surface area contributed by atoms with Gasteiger partial charge in [0.2, 0.25) is 5.78 Å². The lowest BCUT2D eigenvalue weighted by molar-refractivity contribution is 0.103. The number of hydrogen-bond donors (Lipinski definition) is 2. The smallest absolute Gasteiger partial charge is 0.209 e. The molecule has 0 saturated carbocycles. The summed E-state index contributed by atoms with van der Waals surface area (Å²) in [6.07, 6.45) is 0. The van der Waals surface area contributed by atoms with Gasteiger partial charge in [-0.3, -0.25) is 4.79 Å². The van der Waals surface area contributed by atoms with E-state index in [1.165, 1.54) is 0 Å². The summed E-state index contributed by atoms with van der Waals surface area (Å²) in [5.74, 6) is 0.385. The normalized spacial score (nSPS) is 10.2. The molecule has 0 radical (unpaired) electrons. The molecule has 76 valence electrons. The molecule has 0 aliphatic rings. The molecule has 0 saturated heterocycles. The van der Waals surface area contributed by atoms with Crippen LogP contribution in [0.3, 0.4) is 0 Å². The molecule has 0 aliphatic heterocycles. The minimum atomic E-state index is -0.0941. The molecule has 0 aliphatic carbocycles. The van der Waals surface area contributed by atoms with Crippen molar-refractivity contribution in [1.29, 1.82) is 0 Å². The number of H-pyrrole nitrogens is 1. The fourth-order valence-corrected chi connectivity index (χ4v) is 1.43. The molecule has 3 nitrogen and oxygen atoms in total. The van der Waals surface area contributed by atoms with E-state index in [2.05, 4.69) is 4.98 Å². The minimum absolute atomic E-state index is 0.0941. The van der Waals surface area contributed by atoms with Gasteiger partial charge in [0.05, 0.1) is 5.69 Å². The fraction of sp³-hybridized carbons (Fsp3) is 0. The van der Waals surface area contributed by atoms with Crippen LogP contribution in [0, 0.1) is 0 Å². The number of halogens is 1. The van der Waals surface area contributed by atoms with Gasteiger partial charge in [-0.25, -0.2) is 0 Å². The molecular formula is C11H9ClN2O. The number of benzene rings is 1. The van der Waals surface area contributed by atoms with Gasteiger partial charge in [-0.05, 0) is 36.4 Å². The largest absolute Gasteiger partial charge is 0.385 e. The van der Waals surface area contributed by atoms with Gasteiger partial charge >= 0.3 is 0 Å². The van der Waals surface area contributed by atoms with E-state index in [0.29, 0.717) is 22.1 Å². The molecule has 3 N–H and O–H groups in total. The number of aromatic amines is 1. The Morgan fingerprint density at radius 3 is 2.33 bits per heavy atom. The zero-order valence-corrected chi connectivity index (χ0v) is 8.58. The summed E-state index contributed by atoms with van der Waals surface area (Å²) in [5.41, 5.74) is 6.56.